The Kier molecular flexibility index (Phi) is 6.29. The maximum absolute atomic E-state index is 5.84. The summed E-state index contributed by atoms with van der Waals surface area (Å²) in [6.45, 7) is 2.92. The molecule has 0 aliphatic carbocycles. The third kappa shape index (κ3) is 4.61. The molecule has 0 radical (unpaired) electrons. The molecule has 0 saturated heterocycles. The molecule has 1 atom stereocenters. The molecule has 2 heteroatoms. The largest absolute Gasteiger partial charge is 0.493 e. The van der Waals surface area contributed by atoms with E-state index in [-0.39, 0.29) is 0 Å². The molecule has 0 aliphatic heterocycles. The van der Waals surface area contributed by atoms with Gasteiger partial charge in [-0.15, -0.1) is 0 Å². The number of para-hydroxylation sites is 1. The van der Waals surface area contributed by atoms with Crippen LogP contribution in [-0.2, 0) is 6.42 Å². The number of nitrogens with one attached hydrogen (secondary N) is 1. The van der Waals surface area contributed by atoms with Gasteiger partial charge in [0.15, 0.2) is 0 Å². The lowest BCUT2D eigenvalue weighted by Gasteiger charge is -2.18. The second-order valence-electron chi connectivity index (χ2n) is 5.25. The van der Waals surface area contributed by atoms with Gasteiger partial charge in [-0.3, -0.25) is 0 Å². The molecule has 21 heavy (non-hydrogen) atoms. The average Bonchev–Trinajstić information content (AvgIpc) is 2.55. The Morgan fingerprint density at radius 2 is 1.71 bits per heavy atom. The normalized spacial score (nSPS) is 12.1. The zero-order valence-corrected chi connectivity index (χ0v) is 13.0. The lowest BCUT2D eigenvalue weighted by molar-refractivity contribution is 0.313. The Bertz CT molecular complexity index is 524. The highest BCUT2D eigenvalue weighted by Crippen LogP contribution is 2.24. The Morgan fingerprint density at radius 1 is 1.00 bits per heavy atom. The van der Waals surface area contributed by atoms with E-state index in [1.807, 2.05) is 13.1 Å². The van der Waals surface area contributed by atoms with E-state index in [0.717, 1.165) is 31.6 Å². The van der Waals surface area contributed by atoms with Gasteiger partial charge in [-0.05, 0) is 43.5 Å². The van der Waals surface area contributed by atoms with E-state index in [1.165, 1.54) is 11.1 Å². The third-order valence-corrected chi connectivity index (χ3v) is 3.69. The standard InChI is InChI=1S/C19H25NO/c1-3-15-21-19-12-8-7-11-17(19)13-14-18(20-2)16-9-5-4-6-10-16/h4-12,18,20H,3,13-15H2,1-2H3. The van der Waals surface area contributed by atoms with Crippen LogP contribution in [-0.4, -0.2) is 13.7 Å². The summed E-state index contributed by atoms with van der Waals surface area (Å²) in [6.07, 6.45) is 3.12. The third-order valence-electron chi connectivity index (χ3n) is 3.69. The van der Waals surface area contributed by atoms with E-state index in [1.54, 1.807) is 0 Å². The molecule has 1 unspecified atom stereocenters. The minimum absolute atomic E-state index is 0.380. The fourth-order valence-electron chi connectivity index (χ4n) is 2.53. The molecule has 2 rings (SSSR count). The number of hydrogen-bond acceptors (Lipinski definition) is 2. The highest BCUT2D eigenvalue weighted by Gasteiger charge is 2.10. The van der Waals surface area contributed by atoms with Crippen LogP contribution >= 0.6 is 0 Å². The molecule has 0 aromatic heterocycles. The summed E-state index contributed by atoms with van der Waals surface area (Å²) < 4.78 is 5.84. The van der Waals surface area contributed by atoms with Gasteiger partial charge in [0.1, 0.15) is 5.75 Å². The van der Waals surface area contributed by atoms with Crippen molar-refractivity contribution >= 4 is 0 Å². The molecule has 0 fully saturated rings. The quantitative estimate of drug-likeness (QED) is 0.777. The predicted octanol–water partition coefficient (Wildman–Crippen LogP) is 4.37. The van der Waals surface area contributed by atoms with E-state index in [4.69, 9.17) is 4.74 Å². The molecule has 0 amide bonds. The van der Waals surface area contributed by atoms with Crippen LogP contribution in [0.25, 0.3) is 0 Å². The van der Waals surface area contributed by atoms with Gasteiger partial charge in [0, 0.05) is 6.04 Å². The number of rotatable bonds is 8. The Morgan fingerprint density at radius 3 is 2.43 bits per heavy atom. The summed E-state index contributed by atoms with van der Waals surface area (Å²) in [5.74, 6) is 1.03. The number of ether oxygens (including phenoxy) is 1. The van der Waals surface area contributed by atoms with Gasteiger partial charge in [-0.1, -0.05) is 55.5 Å². The summed E-state index contributed by atoms with van der Waals surface area (Å²) >= 11 is 0. The van der Waals surface area contributed by atoms with E-state index in [9.17, 15) is 0 Å². The van der Waals surface area contributed by atoms with Crippen LogP contribution in [0, 0.1) is 0 Å². The van der Waals surface area contributed by atoms with Crippen molar-refractivity contribution in [2.24, 2.45) is 0 Å². The molecule has 0 saturated carbocycles. The van der Waals surface area contributed by atoms with Crippen LogP contribution in [0.4, 0.5) is 0 Å². The van der Waals surface area contributed by atoms with Crippen LogP contribution in [0.2, 0.25) is 0 Å². The maximum Gasteiger partial charge on any atom is 0.122 e. The van der Waals surface area contributed by atoms with Gasteiger partial charge >= 0.3 is 0 Å². The monoisotopic (exact) mass is 283 g/mol. The summed E-state index contributed by atoms with van der Waals surface area (Å²) in [4.78, 5) is 0. The summed E-state index contributed by atoms with van der Waals surface area (Å²) in [5, 5.41) is 3.41. The van der Waals surface area contributed by atoms with Crippen LogP contribution in [0.3, 0.4) is 0 Å². The van der Waals surface area contributed by atoms with Gasteiger partial charge in [-0.25, -0.2) is 0 Å². The maximum atomic E-state index is 5.84. The highest BCUT2D eigenvalue weighted by molar-refractivity contribution is 5.33. The van der Waals surface area contributed by atoms with Crippen LogP contribution < -0.4 is 10.1 Å². The zero-order valence-electron chi connectivity index (χ0n) is 13.0. The highest BCUT2D eigenvalue weighted by atomic mass is 16.5. The molecular formula is C19H25NO. The first kappa shape index (κ1) is 15.6. The second-order valence-corrected chi connectivity index (χ2v) is 5.25. The van der Waals surface area contributed by atoms with E-state index in [2.05, 4.69) is 60.8 Å². The van der Waals surface area contributed by atoms with Crippen molar-refractivity contribution in [3.63, 3.8) is 0 Å². The molecule has 112 valence electrons. The number of aryl methyl sites for hydroxylation is 1. The molecule has 1 N–H and O–H groups in total. The smallest absolute Gasteiger partial charge is 0.122 e. The SMILES string of the molecule is CCCOc1ccccc1CCC(NC)c1ccccc1. The van der Waals surface area contributed by atoms with Crippen molar-refractivity contribution in [3.8, 4) is 5.75 Å². The fraction of sp³-hybridized carbons (Fsp3) is 0.368. The van der Waals surface area contributed by atoms with Crippen molar-refractivity contribution in [1.82, 2.24) is 5.32 Å². The zero-order chi connectivity index (χ0) is 14.9. The molecule has 0 aliphatic rings. The van der Waals surface area contributed by atoms with Crippen LogP contribution in [0.1, 0.15) is 36.9 Å². The first-order valence-corrected chi connectivity index (χ1v) is 7.78. The van der Waals surface area contributed by atoms with Gasteiger partial charge in [0.05, 0.1) is 6.61 Å². The number of hydrogen-bond donors (Lipinski definition) is 1. The van der Waals surface area contributed by atoms with Crippen molar-refractivity contribution in [1.29, 1.82) is 0 Å². The average molecular weight is 283 g/mol. The lowest BCUT2D eigenvalue weighted by atomic mass is 9.99. The van der Waals surface area contributed by atoms with Crippen molar-refractivity contribution in [3.05, 3.63) is 65.7 Å². The molecule has 2 aromatic carbocycles. The first-order chi connectivity index (χ1) is 10.3. The van der Waals surface area contributed by atoms with Gasteiger partial charge in [-0.2, -0.15) is 0 Å². The van der Waals surface area contributed by atoms with Crippen molar-refractivity contribution < 1.29 is 4.74 Å². The van der Waals surface area contributed by atoms with E-state index >= 15 is 0 Å². The fourth-order valence-corrected chi connectivity index (χ4v) is 2.53. The van der Waals surface area contributed by atoms with Gasteiger partial charge < -0.3 is 10.1 Å². The summed E-state index contributed by atoms with van der Waals surface area (Å²) in [6, 6.07) is 19.4. The molecule has 0 bridgehead atoms. The lowest BCUT2D eigenvalue weighted by Crippen LogP contribution is -2.17. The van der Waals surface area contributed by atoms with Gasteiger partial charge in [0.2, 0.25) is 0 Å². The second kappa shape index (κ2) is 8.48. The van der Waals surface area contributed by atoms with E-state index < -0.39 is 0 Å². The van der Waals surface area contributed by atoms with Gasteiger partial charge in [0.25, 0.3) is 0 Å². The first-order valence-electron chi connectivity index (χ1n) is 7.78. The van der Waals surface area contributed by atoms with Crippen molar-refractivity contribution in [2.45, 2.75) is 32.2 Å². The molecule has 0 heterocycles. The summed E-state index contributed by atoms with van der Waals surface area (Å²) in [5.41, 5.74) is 2.63. The minimum Gasteiger partial charge on any atom is -0.493 e. The molecule has 0 spiro atoms. The minimum atomic E-state index is 0.380. The van der Waals surface area contributed by atoms with Crippen LogP contribution in [0.5, 0.6) is 5.75 Å². The molecule has 2 nitrogen and oxygen atoms in total. The van der Waals surface area contributed by atoms with Crippen LogP contribution in [0.15, 0.2) is 54.6 Å². The Labute approximate surface area is 128 Å². The summed E-state index contributed by atoms with van der Waals surface area (Å²) in [7, 11) is 2.02. The van der Waals surface area contributed by atoms with E-state index in [0.29, 0.717) is 6.04 Å². The Hall–Kier alpha value is -1.80. The molecule has 2 aromatic rings. The van der Waals surface area contributed by atoms with Crippen molar-refractivity contribution in [2.75, 3.05) is 13.7 Å². The molecular weight excluding hydrogens is 258 g/mol. The predicted molar refractivity (Wildman–Crippen MR) is 88.8 cm³/mol. The topological polar surface area (TPSA) is 21.3 Å². The Balaban J connectivity index is 2.01. The number of benzene rings is 2.